The van der Waals surface area contributed by atoms with Gasteiger partial charge in [-0.25, -0.2) is 0 Å². The van der Waals surface area contributed by atoms with Crippen LogP contribution in [0, 0.1) is 0 Å². The van der Waals surface area contributed by atoms with Crippen molar-refractivity contribution in [3.63, 3.8) is 0 Å². The SMILES string of the molecule is CC(=O)NCCC(O)C(O)c1cc[nH]c(=O)c1. The van der Waals surface area contributed by atoms with Gasteiger partial charge in [0.15, 0.2) is 0 Å². The number of carbonyl (C=O) groups excluding carboxylic acids is 1. The van der Waals surface area contributed by atoms with Crippen molar-refractivity contribution >= 4 is 5.91 Å². The maximum atomic E-state index is 11.0. The number of aliphatic hydroxyl groups excluding tert-OH is 2. The second-order valence-electron chi connectivity index (χ2n) is 3.77. The van der Waals surface area contributed by atoms with Crippen LogP contribution in [0.5, 0.6) is 0 Å². The zero-order chi connectivity index (χ0) is 12.8. The van der Waals surface area contributed by atoms with Gasteiger partial charge < -0.3 is 20.5 Å². The van der Waals surface area contributed by atoms with Crippen LogP contribution in [0.25, 0.3) is 0 Å². The number of hydrogen-bond donors (Lipinski definition) is 4. The fraction of sp³-hybridized carbons (Fsp3) is 0.455. The highest BCUT2D eigenvalue weighted by Gasteiger charge is 2.18. The molecule has 0 aliphatic rings. The van der Waals surface area contributed by atoms with Gasteiger partial charge in [0.25, 0.3) is 0 Å². The molecule has 0 aromatic carbocycles. The summed E-state index contributed by atoms with van der Waals surface area (Å²) in [5, 5.41) is 21.9. The predicted molar refractivity (Wildman–Crippen MR) is 61.3 cm³/mol. The number of carbonyl (C=O) groups is 1. The van der Waals surface area contributed by atoms with Crippen LogP contribution in [0.15, 0.2) is 23.1 Å². The molecule has 1 aromatic heterocycles. The minimum Gasteiger partial charge on any atom is -0.390 e. The Morgan fingerprint density at radius 2 is 2.24 bits per heavy atom. The van der Waals surface area contributed by atoms with Crippen molar-refractivity contribution in [2.24, 2.45) is 0 Å². The van der Waals surface area contributed by atoms with E-state index in [1.165, 1.54) is 25.3 Å². The van der Waals surface area contributed by atoms with Crippen LogP contribution < -0.4 is 10.9 Å². The van der Waals surface area contributed by atoms with Gasteiger partial charge in [0.05, 0.1) is 6.10 Å². The Balaban J connectivity index is 2.54. The van der Waals surface area contributed by atoms with E-state index in [9.17, 15) is 19.8 Å². The first-order valence-corrected chi connectivity index (χ1v) is 5.30. The largest absolute Gasteiger partial charge is 0.390 e. The van der Waals surface area contributed by atoms with E-state index >= 15 is 0 Å². The summed E-state index contributed by atoms with van der Waals surface area (Å²) in [5.74, 6) is -0.192. The van der Waals surface area contributed by atoms with Gasteiger partial charge in [-0.2, -0.15) is 0 Å². The van der Waals surface area contributed by atoms with Gasteiger partial charge >= 0.3 is 0 Å². The molecule has 2 atom stereocenters. The van der Waals surface area contributed by atoms with Crippen LogP contribution >= 0.6 is 0 Å². The average Bonchev–Trinajstić information content (AvgIpc) is 2.27. The van der Waals surface area contributed by atoms with E-state index in [2.05, 4.69) is 10.3 Å². The number of aromatic nitrogens is 1. The van der Waals surface area contributed by atoms with Crippen molar-refractivity contribution in [2.45, 2.75) is 25.6 Å². The molecule has 6 nitrogen and oxygen atoms in total. The number of aliphatic hydroxyl groups is 2. The molecule has 1 aromatic rings. The van der Waals surface area contributed by atoms with E-state index in [1.807, 2.05) is 0 Å². The molecule has 0 spiro atoms. The lowest BCUT2D eigenvalue weighted by Gasteiger charge is -2.17. The quantitative estimate of drug-likeness (QED) is 0.546. The van der Waals surface area contributed by atoms with Crippen LogP contribution in [-0.4, -0.2) is 33.8 Å². The second-order valence-corrected chi connectivity index (χ2v) is 3.77. The number of rotatable bonds is 5. The Morgan fingerprint density at radius 1 is 1.53 bits per heavy atom. The molecule has 0 saturated carbocycles. The van der Waals surface area contributed by atoms with Gasteiger partial charge in [0.2, 0.25) is 11.5 Å². The number of pyridine rings is 1. The van der Waals surface area contributed by atoms with Crippen molar-refractivity contribution in [2.75, 3.05) is 6.54 Å². The first-order chi connectivity index (χ1) is 8.00. The van der Waals surface area contributed by atoms with E-state index < -0.39 is 12.2 Å². The lowest BCUT2D eigenvalue weighted by molar-refractivity contribution is -0.119. The number of aromatic amines is 1. The summed E-state index contributed by atoms with van der Waals surface area (Å²) in [6.07, 6.45) is -0.538. The highest BCUT2D eigenvalue weighted by Crippen LogP contribution is 2.16. The summed E-state index contributed by atoms with van der Waals surface area (Å²) in [4.78, 5) is 24.0. The van der Waals surface area contributed by atoms with Crippen LogP contribution in [0.2, 0.25) is 0 Å². The first-order valence-electron chi connectivity index (χ1n) is 5.30. The lowest BCUT2D eigenvalue weighted by Crippen LogP contribution is -2.28. The van der Waals surface area contributed by atoms with Crippen LogP contribution in [0.4, 0.5) is 0 Å². The molecule has 0 bridgehead atoms. The lowest BCUT2D eigenvalue weighted by atomic mass is 10.0. The summed E-state index contributed by atoms with van der Waals surface area (Å²) < 4.78 is 0. The number of H-pyrrole nitrogens is 1. The Bertz CT molecular complexity index is 429. The van der Waals surface area contributed by atoms with Gasteiger partial charge in [-0.3, -0.25) is 9.59 Å². The maximum absolute atomic E-state index is 11.0. The molecule has 94 valence electrons. The van der Waals surface area contributed by atoms with Crippen molar-refractivity contribution in [1.29, 1.82) is 0 Å². The van der Waals surface area contributed by atoms with Crippen molar-refractivity contribution in [3.05, 3.63) is 34.2 Å². The third-order valence-corrected chi connectivity index (χ3v) is 2.32. The number of amides is 1. The molecule has 0 aliphatic carbocycles. The van der Waals surface area contributed by atoms with Crippen molar-refractivity contribution < 1.29 is 15.0 Å². The molecular formula is C11H16N2O4. The summed E-state index contributed by atoms with van der Waals surface area (Å²) in [7, 11) is 0. The smallest absolute Gasteiger partial charge is 0.248 e. The Kier molecular flexibility index (Phi) is 4.86. The standard InChI is InChI=1S/C11H16N2O4/c1-7(14)12-5-3-9(15)11(17)8-2-4-13-10(16)6-8/h2,4,6,9,11,15,17H,3,5H2,1H3,(H,12,14)(H,13,16). The molecule has 0 fully saturated rings. The Hall–Kier alpha value is -1.66. The average molecular weight is 240 g/mol. The molecule has 0 radical (unpaired) electrons. The van der Waals surface area contributed by atoms with Crippen LogP contribution in [0.1, 0.15) is 25.0 Å². The minimum atomic E-state index is -1.13. The highest BCUT2D eigenvalue weighted by atomic mass is 16.3. The summed E-state index contributed by atoms with van der Waals surface area (Å²) in [5.41, 5.74) is 0.0136. The molecule has 1 amide bonds. The first kappa shape index (κ1) is 13.4. The normalized spacial score (nSPS) is 14.1. The van der Waals surface area contributed by atoms with Crippen molar-refractivity contribution in [1.82, 2.24) is 10.3 Å². The third-order valence-electron chi connectivity index (χ3n) is 2.32. The number of nitrogens with one attached hydrogen (secondary N) is 2. The Labute approximate surface area is 98.3 Å². The molecule has 0 saturated heterocycles. The molecule has 0 aliphatic heterocycles. The summed E-state index contributed by atoms with van der Waals surface area (Å²) in [6.45, 7) is 1.65. The molecule has 6 heteroatoms. The minimum absolute atomic E-state index is 0.192. The second kappa shape index (κ2) is 6.17. The van der Waals surface area contributed by atoms with Gasteiger partial charge in [0, 0.05) is 25.7 Å². The van der Waals surface area contributed by atoms with Gasteiger partial charge in [0.1, 0.15) is 6.10 Å². The van der Waals surface area contributed by atoms with E-state index in [-0.39, 0.29) is 24.4 Å². The fourth-order valence-electron chi connectivity index (χ4n) is 1.42. The Morgan fingerprint density at radius 3 is 2.82 bits per heavy atom. The van der Waals surface area contributed by atoms with Crippen LogP contribution in [-0.2, 0) is 4.79 Å². The molecule has 1 rings (SSSR count). The van der Waals surface area contributed by atoms with Gasteiger partial charge in [-0.1, -0.05) is 0 Å². The zero-order valence-corrected chi connectivity index (χ0v) is 9.51. The highest BCUT2D eigenvalue weighted by molar-refractivity contribution is 5.72. The van der Waals surface area contributed by atoms with E-state index in [4.69, 9.17) is 0 Å². The third kappa shape index (κ3) is 4.38. The maximum Gasteiger partial charge on any atom is 0.248 e. The predicted octanol–water partition coefficient (Wildman–Crippen LogP) is -0.705. The zero-order valence-electron chi connectivity index (χ0n) is 9.51. The monoisotopic (exact) mass is 240 g/mol. The van der Waals surface area contributed by atoms with E-state index in [1.54, 1.807) is 0 Å². The molecule has 4 N–H and O–H groups in total. The fourth-order valence-corrected chi connectivity index (χ4v) is 1.42. The summed E-state index contributed by atoms with van der Waals surface area (Å²) >= 11 is 0. The summed E-state index contributed by atoms with van der Waals surface area (Å²) in [6, 6.07) is 2.75. The molecular weight excluding hydrogens is 224 g/mol. The van der Waals surface area contributed by atoms with E-state index in [0.29, 0.717) is 5.56 Å². The molecule has 2 unspecified atom stereocenters. The molecule has 17 heavy (non-hydrogen) atoms. The van der Waals surface area contributed by atoms with Crippen molar-refractivity contribution in [3.8, 4) is 0 Å². The van der Waals surface area contributed by atoms with Crippen LogP contribution in [0.3, 0.4) is 0 Å². The topological polar surface area (TPSA) is 102 Å². The molecule has 1 heterocycles. The van der Waals surface area contributed by atoms with Gasteiger partial charge in [-0.05, 0) is 18.1 Å². The van der Waals surface area contributed by atoms with E-state index in [0.717, 1.165) is 0 Å². The van der Waals surface area contributed by atoms with Gasteiger partial charge in [-0.15, -0.1) is 0 Å². The number of hydrogen-bond acceptors (Lipinski definition) is 4.